The Morgan fingerprint density at radius 3 is 2.33 bits per heavy atom. The van der Waals surface area contributed by atoms with E-state index in [1.165, 1.54) is 6.42 Å². The van der Waals surface area contributed by atoms with E-state index in [1.807, 2.05) is 36.5 Å². The molecule has 9 heteroatoms. The predicted molar refractivity (Wildman–Crippen MR) is 180 cm³/mol. The summed E-state index contributed by atoms with van der Waals surface area (Å²) < 4.78 is 2.16. The number of nitrogens with zero attached hydrogens (tertiary/aromatic N) is 4. The van der Waals surface area contributed by atoms with Crippen LogP contribution in [-0.4, -0.2) is 27.8 Å². The summed E-state index contributed by atoms with van der Waals surface area (Å²) in [5.41, 5.74) is 6.99. The molecule has 1 N–H and O–H groups in total. The van der Waals surface area contributed by atoms with Gasteiger partial charge in [0.25, 0.3) is 0 Å². The van der Waals surface area contributed by atoms with E-state index in [2.05, 4.69) is 71.6 Å². The highest BCUT2D eigenvalue weighted by molar-refractivity contribution is 7.80. The molecule has 4 heterocycles. The van der Waals surface area contributed by atoms with Crippen LogP contribution in [0.4, 0.5) is 11.4 Å². The zero-order chi connectivity index (χ0) is 29.7. The van der Waals surface area contributed by atoms with Crippen molar-refractivity contribution in [2.45, 2.75) is 46.2 Å². The minimum atomic E-state index is -0.178. The van der Waals surface area contributed by atoms with Crippen LogP contribution in [-0.2, 0) is 0 Å². The van der Waals surface area contributed by atoms with Crippen LogP contribution in [0.1, 0.15) is 55.0 Å². The number of pyridine rings is 1. The van der Waals surface area contributed by atoms with Gasteiger partial charge in [-0.05, 0) is 98.4 Å². The summed E-state index contributed by atoms with van der Waals surface area (Å²) in [4.78, 5) is 9.32. The standard InChI is InChI=1S/C33H34Cl3N5S/c1-19-14-20(2)18-39(17-19)28-12-11-23(16-26(28)35)41-32(31(38-33(41)42)27-9-5-6-13-37-27)24-15-21(3)40(22(24)4)29-10-7-8-25(34)30(29)36/h5-13,15-16,19-20,31-32H,14,17-18H2,1-4H3,(H,38,42)/t19-,20-,31-,32+/m0/s1. The molecule has 0 aliphatic carbocycles. The maximum absolute atomic E-state index is 7.03. The molecule has 0 saturated carbocycles. The number of nitrogens with one attached hydrogen (secondary N) is 1. The third-order valence-electron chi connectivity index (χ3n) is 8.48. The zero-order valence-corrected chi connectivity index (χ0v) is 27.2. The number of aromatic nitrogens is 2. The van der Waals surface area contributed by atoms with Crippen molar-refractivity contribution in [2.75, 3.05) is 22.9 Å². The molecule has 2 saturated heterocycles. The first-order valence-corrected chi connectivity index (χ1v) is 15.9. The molecule has 0 bridgehead atoms. The van der Waals surface area contributed by atoms with Crippen molar-refractivity contribution >= 4 is 63.5 Å². The Labute approximate surface area is 268 Å². The second kappa shape index (κ2) is 11.7. The molecule has 218 valence electrons. The molecule has 5 nitrogen and oxygen atoms in total. The third kappa shape index (κ3) is 5.28. The summed E-state index contributed by atoms with van der Waals surface area (Å²) >= 11 is 26.2. The van der Waals surface area contributed by atoms with E-state index < -0.39 is 0 Å². The van der Waals surface area contributed by atoms with Crippen LogP contribution in [0.3, 0.4) is 0 Å². The second-order valence-corrected chi connectivity index (χ2v) is 13.3. The average molecular weight is 639 g/mol. The van der Waals surface area contributed by atoms with E-state index in [-0.39, 0.29) is 12.1 Å². The van der Waals surface area contributed by atoms with E-state index in [9.17, 15) is 0 Å². The first-order valence-electron chi connectivity index (χ1n) is 14.3. The van der Waals surface area contributed by atoms with E-state index in [1.54, 1.807) is 6.07 Å². The van der Waals surface area contributed by atoms with Crippen molar-refractivity contribution < 1.29 is 0 Å². The number of hydrogen-bond donors (Lipinski definition) is 1. The predicted octanol–water partition coefficient (Wildman–Crippen LogP) is 9.11. The number of piperidine rings is 1. The summed E-state index contributed by atoms with van der Waals surface area (Å²) in [5, 5.41) is 5.98. The molecule has 2 aliphatic rings. The SMILES string of the molecule is Cc1cc([C@@H]2[C@H](c3ccccn3)NC(=S)N2c2ccc(N3C[C@@H](C)C[C@H](C)C3)c(Cl)c2)c(C)n1-c1cccc(Cl)c1Cl. The lowest BCUT2D eigenvalue weighted by Crippen LogP contribution is -2.38. The molecule has 6 rings (SSSR count). The lowest BCUT2D eigenvalue weighted by molar-refractivity contribution is 0.357. The van der Waals surface area contributed by atoms with Crippen LogP contribution >= 0.6 is 47.0 Å². The van der Waals surface area contributed by atoms with Gasteiger partial charge in [0.1, 0.15) is 0 Å². The molecule has 2 aromatic carbocycles. The Kier molecular flexibility index (Phi) is 8.18. The minimum Gasteiger partial charge on any atom is -0.370 e. The Morgan fingerprint density at radius 2 is 1.64 bits per heavy atom. The van der Waals surface area contributed by atoms with Crippen LogP contribution < -0.4 is 15.1 Å². The summed E-state index contributed by atoms with van der Waals surface area (Å²) in [5.74, 6) is 1.26. The first kappa shape index (κ1) is 29.3. The van der Waals surface area contributed by atoms with Crippen LogP contribution in [0, 0.1) is 25.7 Å². The van der Waals surface area contributed by atoms with Crippen LogP contribution in [0.2, 0.25) is 15.1 Å². The fraction of sp³-hybridized carbons (Fsp3) is 0.333. The number of benzene rings is 2. The van der Waals surface area contributed by atoms with Gasteiger partial charge in [-0.1, -0.05) is 60.8 Å². The van der Waals surface area contributed by atoms with Gasteiger partial charge in [-0.3, -0.25) is 4.98 Å². The fourth-order valence-electron chi connectivity index (χ4n) is 6.83. The highest BCUT2D eigenvalue weighted by atomic mass is 35.5. The molecule has 4 atom stereocenters. The molecular formula is C33H34Cl3N5S. The van der Waals surface area contributed by atoms with Crippen molar-refractivity contribution in [3.05, 3.63) is 105 Å². The zero-order valence-electron chi connectivity index (χ0n) is 24.1. The molecule has 2 fully saturated rings. The van der Waals surface area contributed by atoms with Crippen molar-refractivity contribution in [1.29, 1.82) is 0 Å². The summed E-state index contributed by atoms with van der Waals surface area (Å²) in [6.45, 7) is 10.8. The molecule has 2 aliphatic heterocycles. The lowest BCUT2D eigenvalue weighted by Gasteiger charge is -2.37. The third-order valence-corrected chi connectivity index (χ3v) is 9.90. The van der Waals surface area contributed by atoms with Crippen molar-refractivity contribution in [3.63, 3.8) is 0 Å². The van der Waals surface area contributed by atoms with Gasteiger partial charge in [0.15, 0.2) is 5.11 Å². The monoisotopic (exact) mass is 637 g/mol. The molecule has 0 radical (unpaired) electrons. The van der Waals surface area contributed by atoms with Gasteiger partial charge in [0, 0.05) is 36.4 Å². The summed E-state index contributed by atoms with van der Waals surface area (Å²) in [7, 11) is 0. The molecule has 0 amide bonds. The summed E-state index contributed by atoms with van der Waals surface area (Å²) in [6.07, 6.45) is 3.07. The molecular weight excluding hydrogens is 605 g/mol. The average Bonchev–Trinajstić information content (AvgIpc) is 3.45. The molecule has 0 spiro atoms. The van der Waals surface area contributed by atoms with Crippen LogP contribution in [0.15, 0.2) is 66.9 Å². The largest absolute Gasteiger partial charge is 0.370 e. The molecule has 2 aromatic heterocycles. The van der Waals surface area contributed by atoms with Gasteiger partial charge in [0.05, 0.1) is 44.2 Å². The van der Waals surface area contributed by atoms with E-state index in [0.29, 0.717) is 27.0 Å². The van der Waals surface area contributed by atoms with Crippen LogP contribution in [0.25, 0.3) is 5.69 Å². The molecule has 42 heavy (non-hydrogen) atoms. The van der Waals surface area contributed by atoms with Crippen molar-refractivity contribution in [1.82, 2.24) is 14.9 Å². The molecule has 4 aromatic rings. The smallest absolute Gasteiger partial charge is 0.174 e. The van der Waals surface area contributed by atoms with Gasteiger partial charge >= 0.3 is 0 Å². The summed E-state index contributed by atoms with van der Waals surface area (Å²) in [6, 6.07) is 19.9. The highest BCUT2D eigenvalue weighted by Gasteiger charge is 2.42. The van der Waals surface area contributed by atoms with Gasteiger partial charge in [-0.15, -0.1) is 0 Å². The van der Waals surface area contributed by atoms with Crippen molar-refractivity contribution in [3.8, 4) is 5.69 Å². The minimum absolute atomic E-state index is 0.176. The van der Waals surface area contributed by atoms with Gasteiger partial charge in [-0.2, -0.15) is 0 Å². The Hall–Kier alpha value is -2.77. The second-order valence-electron chi connectivity index (χ2n) is 11.7. The highest BCUT2D eigenvalue weighted by Crippen LogP contribution is 2.46. The van der Waals surface area contributed by atoms with Crippen LogP contribution in [0.5, 0.6) is 0 Å². The quantitative estimate of drug-likeness (QED) is 0.221. The van der Waals surface area contributed by atoms with Gasteiger partial charge in [0.2, 0.25) is 0 Å². The maximum atomic E-state index is 7.03. The van der Waals surface area contributed by atoms with Crippen molar-refractivity contribution in [2.24, 2.45) is 11.8 Å². The van der Waals surface area contributed by atoms with E-state index in [0.717, 1.165) is 57.8 Å². The van der Waals surface area contributed by atoms with E-state index >= 15 is 0 Å². The first-order chi connectivity index (χ1) is 20.1. The Bertz CT molecular complexity index is 1630. The Balaban J connectivity index is 1.45. The molecule has 0 unspecified atom stereocenters. The Morgan fingerprint density at radius 1 is 0.881 bits per heavy atom. The number of rotatable bonds is 5. The number of anilines is 2. The normalized spacial score (nSPS) is 22.5. The number of hydrogen-bond acceptors (Lipinski definition) is 3. The number of thiocarbonyl (C=S) groups is 1. The van der Waals surface area contributed by atoms with Gasteiger partial charge < -0.3 is 19.7 Å². The number of halogens is 3. The lowest BCUT2D eigenvalue weighted by atomic mass is 9.91. The fourth-order valence-corrected chi connectivity index (χ4v) is 7.85. The van der Waals surface area contributed by atoms with Gasteiger partial charge in [-0.25, -0.2) is 0 Å². The number of aryl methyl sites for hydroxylation is 1. The topological polar surface area (TPSA) is 36.3 Å². The van der Waals surface area contributed by atoms with E-state index in [4.69, 9.17) is 52.0 Å². The maximum Gasteiger partial charge on any atom is 0.174 e.